The number of aromatic nitrogens is 2. The fourth-order valence-corrected chi connectivity index (χ4v) is 2.03. The second-order valence-corrected chi connectivity index (χ2v) is 4.55. The number of alkyl halides is 3. The summed E-state index contributed by atoms with van der Waals surface area (Å²) in [6.45, 7) is 3.52. The van der Waals surface area contributed by atoms with Gasteiger partial charge in [-0.15, -0.1) is 0 Å². The molecule has 0 unspecified atom stereocenters. The van der Waals surface area contributed by atoms with Crippen molar-refractivity contribution in [2.24, 2.45) is 10.9 Å². The van der Waals surface area contributed by atoms with Gasteiger partial charge in [-0.1, -0.05) is 5.16 Å². The Morgan fingerprint density at radius 3 is 2.43 bits per heavy atom. The largest absolute Gasteiger partial charge is 0.416 e. The third-order valence-electron chi connectivity index (χ3n) is 2.95. The molecule has 3 N–H and O–H groups in total. The molecule has 21 heavy (non-hydrogen) atoms. The van der Waals surface area contributed by atoms with Crippen LogP contribution >= 0.6 is 0 Å². The maximum atomic E-state index is 12.8. The van der Waals surface area contributed by atoms with Crippen LogP contribution in [0.2, 0.25) is 0 Å². The molecule has 0 amide bonds. The average molecular weight is 298 g/mol. The molecule has 0 aliphatic carbocycles. The van der Waals surface area contributed by atoms with Crippen LogP contribution in [0.1, 0.15) is 22.5 Å². The van der Waals surface area contributed by atoms with E-state index in [0.29, 0.717) is 11.4 Å². The Morgan fingerprint density at radius 2 is 1.95 bits per heavy atom. The third kappa shape index (κ3) is 2.83. The Morgan fingerprint density at radius 1 is 1.29 bits per heavy atom. The van der Waals surface area contributed by atoms with Crippen LogP contribution in [0.25, 0.3) is 5.69 Å². The Balaban J connectivity index is 2.69. The normalized spacial score (nSPS) is 12.7. The summed E-state index contributed by atoms with van der Waals surface area (Å²) in [5, 5.41) is 15.8. The molecular formula is C13H13F3N4O. The number of amidine groups is 1. The van der Waals surface area contributed by atoms with E-state index in [2.05, 4.69) is 10.3 Å². The maximum Gasteiger partial charge on any atom is 0.416 e. The SMILES string of the molecule is Cc1cc(C)n(-c2ccc(C(F)(F)F)cc2/C(N)=N/O)n1. The van der Waals surface area contributed by atoms with Crippen LogP contribution in [-0.2, 0) is 6.18 Å². The monoisotopic (exact) mass is 298 g/mol. The van der Waals surface area contributed by atoms with Gasteiger partial charge in [0.15, 0.2) is 5.84 Å². The van der Waals surface area contributed by atoms with Crippen LogP contribution in [0.4, 0.5) is 13.2 Å². The smallest absolute Gasteiger partial charge is 0.409 e. The van der Waals surface area contributed by atoms with Crippen molar-refractivity contribution in [3.05, 3.63) is 46.8 Å². The lowest BCUT2D eigenvalue weighted by atomic mass is 10.1. The molecule has 0 saturated heterocycles. The molecule has 0 bridgehead atoms. The van der Waals surface area contributed by atoms with Crippen molar-refractivity contribution in [1.29, 1.82) is 0 Å². The van der Waals surface area contributed by atoms with Gasteiger partial charge in [0, 0.05) is 11.3 Å². The molecule has 8 heteroatoms. The number of nitrogens with two attached hydrogens (primary N) is 1. The first-order valence-electron chi connectivity index (χ1n) is 5.97. The van der Waals surface area contributed by atoms with E-state index in [-0.39, 0.29) is 5.56 Å². The van der Waals surface area contributed by atoms with Gasteiger partial charge < -0.3 is 10.9 Å². The highest BCUT2D eigenvalue weighted by Gasteiger charge is 2.31. The quantitative estimate of drug-likeness (QED) is 0.387. The molecule has 0 saturated carbocycles. The van der Waals surface area contributed by atoms with Gasteiger partial charge in [-0.05, 0) is 38.1 Å². The van der Waals surface area contributed by atoms with Gasteiger partial charge in [0.05, 0.1) is 16.9 Å². The number of benzene rings is 1. The number of oxime groups is 1. The molecule has 0 fully saturated rings. The molecule has 5 nitrogen and oxygen atoms in total. The second kappa shape index (κ2) is 5.12. The van der Waals surface area contributed by atoms with E-state index < -0.39 is 17.6 Å². The third-order valence-corrected chi connectivity index (χ3v) is 2.95. The number of hydrogen-bond donors (Lipinski definition) is 2. The zero-order valence-electron chi connectivity index (χ0n) is 11.3. The summed E-state index contributed by atoms with van der Waals surface area (Å²) in [5.74, 6) is -0.413. The average Bonchev–Trinajstić information content (AvgIpc) is 2.75. The lowest BCUT2D eigenvalue weighted by Crippen LogP contribution is -2.19. The molecule has 0 atom stereocenters. The molecule has 0 spiro atoms. The molecule has 1 heterocycles. The zero-order valence-corrected chi connectivity index (χ0v) is 11.3. The molecule has 112 valence electrons. The summed E-state index contributed by atoms with van der Waals surface area (Å²) in [6.07, 6.45) is -4.52. The first kappa shape index (κ1) is 14.9. The van der Waals surface area contributed by atoms with Gasteiger partial charge in [-0.2, -0.15) is 18.3 Å². The molecule has 0 radical (unpaired) electrons. The number of nitrogens with zero attached hydrogens (tertiary/aromatic N) is 3. The van der Waals surface area contributed by atoms with Crippen molar-refractivity contribution in [3.63, 3.8) is 0 Å². The minimum Gasteiger partial charge on any atom is -0.409 e. The molecule has 0 aliphatic rings. The van der Waals surface area contributed by atoms with Gasteiger partial charge in [-0.25, -0.2) is 4.68 Å². The van der Waals surface area contributed by atoms with Crippen LogP contribution in [0.15, 0.2) is 29.4 Å². The second-order valence-electron chi connectivity index (χ2n) is 4.55. The van der Waals surface area contributed by atoms with E-state index in [1.54, 1.807) is 19.9 Å². The number of aryl methyl sites for hydroxylation is 2. The highest BCUT2D eigenvalue weighted by Crippen LogP contribution is 2.31. The summed E-state index contributed by atoms with van der Waals surface area (Å²) in [4.78, 5) is 0. The lowest BCUT2D eigenvalue weighted by molar-refractivity contribution is -0.137. The first-order chi connectivity index (χ1) is 9.74. The van der Waals surface area contributed by atoms with Crippen LogP contribution < -0.4 is 5.73 Å². The number of hydrogen-bond acceptors (Lipinski definition) is 3. The van der Waals surface area contributed by atoms with Crippen LogP contribution in [0.5, 0.6) is 0 Å². The fourth-order valence-electron chi connectivity index (χ4n) is 2.03. The topological polar surface area (TPSA) is 76.4 Å². The van der Waals surface area contributed by atoms with Gasteiger partial charge >= 0.3 is 6.18 Å². The van der Waals surface area contributed by atoms with Crippen molar-refractivity contribution in [2.75, 3.05) is 0 Å². The predicted molar refractivity (Wildman–Crippen MR) is 70.6 cm³/mol. The molecule has 1 aromatic carbocycles. The van der Waals surface area contributed by atoms with E-state index in [1.165, 1.54) is 10.7 Å². The van der Waals surface area contributed by atoms with Crippen molar-refractivity contribution in [2.45, 2.75) is 20.0 Å². The molecule has 1 aromatic heterocycles. The van der Waals surface area contributed by atoms with Crippen molar-refractivity contribution in [1.82, 2.24) is 9.78 Å². The van der Waals surface area contributed by atoms with Crippen molar-refractivity contribution < 1.29 is 18.4 Å². The molecule has 2 aromatic rings. The van der Waals surface area contributed by atoms with Gasteiger partial charge in [0.1, 0.15) is 0 Å². The maximum absolute atomic E-state index is 12.8. The summed E-state index contributed by atoms with van der Waals surface area (Å²) in [5.41, 5.74) is 6.31. The van der Waals surface area contributed by atoms with Crippen molar-refractivity contribution in [3.8, 4) is 5.69 Å². The zero-order chi connectivity index (χ0) is 15.8. The predicted octanol–water partition coefficient (Wildman–Crippen LogP) is 2.60. The van der Waals surface area contributed by atoms with Gasteiger partial charge in [0.25, 0.3) is 0 Å². The van der Waals surface area contributed by atoms with Crippen LogP contribution in [-0.4, -0.2) is 20.8 Å². The van der Waals surface area contributed by atoms with E-state index in [9.17, 15) is 13.2 Å². The summed E-state index contributed by atoms with van der Waals surface area (Å²) in [6, 6.07) is 4.78. The number of halogens is 3. The highest BCUT2D eigenvalue weighted by molar-refractivity contribution is 6.00. The lowest BCUT2D eigenvalue weighted by Gasteiger charge is -2.13. The van der Waals surface area contributed by atoms with Gasteiger partial charge in [0.2, 0.25) is 0 Å². The van der Waals surface area contributed by atoms with E-state index in [4.69, 9.17) is 10.9 Å². The minimum atomic E-state index is -4.52. The summed E-state index contributed by atoms with van der Waals surface area (Å²) < 4.78 is 39.8. The molecular weight excluding hydrogens is 285 g/mol. The fraction of sp³-hybridized carbons (Fsp3) is 0.231. The van der Waals surface area contributed by atoms with Crippen LogP contribution in [0.3, 0.4) is 0 Å². The van der Waals surface area contributed by atoms with Crippen LogP contribution in [0, 0.1) is 13.8 Å². The van der Waals surface area contributed by atoms with E-state index >= 15 is 0 Å². The number of rotatable bonds is 2. The summed E-state index contributed by atoms with van der Waals surface area (Å²) in [7, 11) is 0. The Hall–Kier alpha value is -2.51. The first-order valence-corrected chi connectivity index (χ1v) is 5.97. The minimum absolute atomic E-state index is 0.0430. The Labute approximate surface area is 118 Å². The Kier molecular flexibility index (Phi) is 3.63. The van der Waals surface area contributed by atoms with E-state index in [0.717, 1.165) is 17.8 Å². The van der Waals surface area contributed by atoms with E-state index in [1.807, 2.05) is 0 Å². The van der Waals surface area contributed by atoms with Gasteiger partial charge in [-0.3, -0.25) is 0 Å². The highest BCUT2D eigenvalue weighted by atomic mass is 19.4. The standard InChI is InChI=1S/C13H13F3N4O/c1-7-5-8(2)20(18-7)11-4-3-9(13(14,15)16)6-10(11)12(17)19-21/h3-6,21H,1-2H3,(H2,17,19). The Bertz CT molecular complexity index is 704. The molecule has 2 rings (SSSR count). The van der Waals surface area contributed by atoms with Crippen molar-refractivity contribution >= 4 is 5.84 Å². The summed E-state index contributed by atoms with van der Waals surface area (Å²) >= 11 is 0. The molecule has 0 aliphatic heterocycles.